The number of rotatable bonds is 5. The van der Waals surface area contributed by atoms with Gasteiger partial charge in [-0.25, -0.2) is 0 Å². The van der Waals surface area contributed by atoms with E-state index in [4.69, 9.17) is 16.3 Å². The van der Waals surface area contributed by atoms with E-state index in [2.05, 4.69) is 4.90 Å². The van der Waals surface area contributed by atoms with Crippen LogP contribution >= 0.6 is 11.6 Å². The molecule has 0 amide bonds. The molecule has 0 aromatic heterocycles. The highest BCUT2D eigenvalue weighted by Crippen LogP contribution is 2.29. The van der Waals surface area contributed by atoms with Crippen molar-refractivity contribution < 1.29 is 9.84 Å². The maximum absolute atomic E-state index is 9.62. The third kappa shape index (κ3) is 3.69. The molecule has 2 aromatic rings. The Morgan fingerprint density at radius 3 is 2.57 bits per heavy atom. The largest absolute Gasteiger partial charge is 0.496 e. The van der Waals surface area contributed by atoms with Crippen LogP contribution in [0.5, 0.6) is 5.75 Å². The summed E-state index contributed by atoms with van der Waals surface area (Å²) in [7, 11) is 3.67. The molecular weight excluding hydrogens is 286 g/mol. The minimum atomic E-state index is -0.564. The Morgan fingerprint density at radius 1 is 1.24 bits per heavy atom. The van der Waals surface area contributed by atoms with E-state index in [1.807, 2.05) is 49.5 Å². The summed E-state index contributed by atoms with van der Waals surface area (Å²) >= 11 is 6.22. The monoisotopic (exact) mass is 305 g/mol. The topological polar surface area (TPSA) is 32.7 Å². The first-order valence-corrected chi connectivity index (χ1v) is 7.21. The van der Waals surface area contributed by atoms with E-state index < -0.39 is 6.10 Å². The number of hydrogen-bond acceptors (Lipinski definition) is 3. The molecule has 1 unspecified atom stereocenters. The fourth-order valence-corrected chi connectivity index (χ4v) is 2.61. The highest BCUT2D eigenvalue weighted by molar-refractivity contribution is 6.31. The van der Waals surface area contributed by atoms with Crippen LogP contribution in [0.1, 0.15) is 24.2 Å². The molecule has 21 heavy (non-hydrogen) atoms. The van der Waals surface area contributed by atoms with Gasteiger partial charge in [-0.05, 0) is 30.7 Å². The molecule has 112 valence electrons. The second-order valence-corrected chi connectivity index (χ2v) is 5.46. The number of nitrogens with zero attached hydrogens (tertiary/aromatic N) is 1. The van der Waals surface area contributed by atoms with Crippen molar-refractivity contribution in [3.8, 4) is 5.75 Å². The summed E-state index contributed by atoms with van der Waals surface area (Å²) in [5.74, 6) is 0.871. The summed E-state index contributed by atoms with van der Waals surface area (Å²) in [6.45, 7) is 2.42. The van der Waals surface area contributed by atoms with Crippen LogP contribution in [0.15, 0.2) is 42.5 Å². The van der Waals surface area contributed by atoms with E-state index in [0.717, 1.165) is 22.6 Å². The van der Waals surface area contributed by atoms with Crippen LogP contribution in [0.25, 0.3) is 0 Å². The van der Waals surface area contributed by atoms with Gasteiger partial charge < -0.3 is 14.7 Å². The maximum atomic E-state index is 9.62. The number of aliphatic hydroxyl groups excluding tert-OH is 1. The molecule has 0 fully saturated rings. The lowest BCUT2D eigenvalue weighted by Gasteiger charge is -2.22. The molecule has 0 aliphatic rings. The van der Waals surface area contributed by atoms with Crippen molar-refractivity contribution in [2.45, 2.75) is 19.6 Å². The average molecular weight is 306 g/mol. The SMILES string of the molecule is COc1ccccc1CN(C)c1ccc(C(C)O)c(Cl)c1. The zero-order valence-electron chi connectivity index (χ0n) is 12.5. The van der Waals surface area contributed by atoms with Crippen molar-refractivity contribution in [1.29, 1.82) is 0 Å². The van der Waals surface area contributed by atoms with Gasteiger partial charge in [-0.1, -0.05) is 35.9 Å². The van der Waals surface area contributed by atoms with Crippen LogP contribution in [-0.2, 0) is 6.54 Å². The molecule has 0 aliphatic heterocycles. The third-order valence-electron chi connectivity index (χ3n) is 3.47. The standard InChI is InChI=1S/C17H20ClNO2/c1-12(20)15-9-8-14(10-16(15)18)19(2)11-13-6-4-5-7-17(13)21-3/h4-10,12,20H,11H2,1-3H3. The van der Waals surface area contributed by atoms with Gasteiger partial charge in [0.1, 0.15) is 5.75 Å². The van der Waals surface area contributed by atoms with E-state index in [1.54, 1.807) is 14.0 Å². The number of anilines is 1. The number of halogens is 1. The molecule has 0 heterocycles. The Labute approximate surface area is 130 Å². The predicted octanol–water partition coefficient (Wildman–Crippen LogP) is 4.04. The second-order valence-electron chi connectivity index (χ2n) is 5.05. The van der Waals surface area contributed by atoms with Gasteiger partial charge in [-0.3, -0.25) is 0 Å². The van der Waals surface area contributed by atoms with Crippen molar-refractivity contribution >= 4 is 17.3 Å². The third-order valence-corrected chi connectivity index (χ3v) is 3.80. The highest BCUT2D eigenvalue weighted by Gasteiger charge is 2.11. The molecule has 4 heteroatoms. The van der Waals surface area contributed by atoms with Gasteiger partial charge in [0, 0.05) is 29.9 Å². The van der Waals surface area contributed by atoms with Gasteiger partial charge in [0.25, 0.3) is 0 Å². The molecule has 0 spiro atoms. The summed E-state index contributed by atoms with van der Waals surface area (Å²) in [6.07, 6.45) is -0.564. The van der Waals surface area contributed by atoms with E-state index in [0.29, 0.717) is 11.6 Å². The molecular formula is C17H20ClNO2. The first-order chi connectivity index (χ1) is 10.0. The van der Waals surface area contributed by atoms with E-state index in [9.17, 15) is 5.11 Å². The summed E-state index contributed by atoms with van der Waals surface area (Å²) in [5, 5.41) is 10.2. The van der Waals surface area contributed by atoms with Gasteiger partial charge >= 0.3 is 0 Å². The summed E-state index contributed by atoms with van der Waals surface area (Å²) in [5.41, 5.74) is 2.85. The summed E-state index contributed by atoms with van der Waals surface area (Å²) < 4.78 is 5.37. The summed E-state index contributed by atoms with van der Waals surface area (Å²) in [6, 6.07) is 13.6. The Kier molecular flexibility index (Phi) is 5.10. The van der Waals surface area contributed by atoms with Crippen molar-refractivity contribution in [2.24, 2.45) is 0 Å². The minimum absolute atomic E-state index is 0.564. The molecule has 0 saturated heterocycles. The smallest absolute Gasteiger partial charge is 0.123 e. The van der Waals surface area contributed by atoms with Crippen LogP contribution in [0, 0.1) is 0 Å². The van der Waals surface area contributed by atoms with Gasteiger partial charge in [-0.2, -0.15) is 0 Å². The van der Waals surface area contributed by atoms with Crippen LogP contribution < -0.4 is 9.64 Å². The van der Waals surface area contributed by atoms with Crippen molar-refractivity contribution in [1.82, 2.24) is 0 Å². The first-order valence-electron chi connectivity index (χ1n) is 6.83. The van der Waals surface area contributed by atoms with Crippen molar-refractivity contribution in [3.63, 3.8) is 0 Å². The minimum Gasteiger partial charge on any atom is -0.496 e. The Morgan fingerprint density at radius 2 is 1.95 bits per heavy atom. The number of benzene rings is 2. The zero-order chi connectivity index (χ0) is 15.4. The van der Waals surface area contributed by atoms with Crippen molar-refractivity contribution in [2.75, 3.05) is 19.1 Å². The average Bonchev–Trinajstić information content (AvgIpc) is 2.47. The Hall–Kier alpha value is -1.71. The molecule has 0 saturated carbocycles. The van der Waals surface area contributed by atoms with E-state index in [1.165, 1.54) is 0 Å². The quantitative estimate of drug-likeness (QED) is 0.905. The number of hydrogen-bond donors (Lipinski definition) is 1. The highest BCUT2D eigenvalue weighted by atomic mass is 35.5. The van der Waals surface area contributed by atoms with Crippen LogP contribution in [0.4, 0.5) is 5.69 Å². The number of aliphatic hydroxyl groups is 1. The van der Waals surface area contributed by atoms with Gasteiger partial charge in [-0.15, -0.1) is 0 Å². The molecule has 2 rings (SSSR count). The number of methoxy groups -OCH3 is 1. The van der Waals surface area contributed by atoms with Crippen LogP contribution in [0.3, 0.4) is 0 Å². The molecule has 2 aromatic carbocycles. The molecule has 3 nitrogen and oxygen atoms in total. The fourth-order valence-electron chi connectivity index (χ4n) is 2.27. The molecule has 1 atom stereocenters. The normalized spacial score (nSPS) is 12.0. The molecule has 0 bridgehead atoms. The number of ether oxygens (including phenoxy) is 1. The lowest BCUT2D eigenvalue weighted by Crippen LogP contribution is -2.17. The Balaban J connectivity index is 2.20. The predicted molar refractivity (Wildman–Crippen MR) is 87.2 cm³/mol. The number of para-hydroxylation sites is 1. The van der Waals surface area contributed by atoms with Crippen LogP contribution in [-0.4, -0.2) is 19.3 Å². The second kappa shape index (κ2) is 6.83. The van der Waals surface area contributed by atoms with E-state index in [-0.39, 0.29) is 0 Å². The van der Waals surface area contributed by atoms with E-state index >= 15 is 0 Å². The lowest BCUT2D eigenvalue weighted by molar-refractivity contribution is 0.199. The van der Waals surface area contributed by atoms with Gasteiger partial charge in [0.05, 0.1) is 13.2 Å². The summed E-state index contributed by atoms with van der Waals surface area (Å²) in [4.78, 5) is 2.09. The van der Waals surface area contributed by atoms with Crippen molar-refractivity contribution in [3.05, 3.63) is 58.6 Å². The zero-order valence-corrected chi connectivity index (χ0v) is 13.3. The first kappa shape index (κ1) is 15.7. The van der Waals surface area contributed by atoms with Gasteiger partial charge in [0.15, 0.2) is 0 Å². The lowest BCUT2D eigenvalue weighted by atomic mass is 10.1. The molecule has 0 radical (unpaired) electrons. The van der Waals surface area contributed by atoms with Gasteiger partial charge in [0.2, 0.25) is 0 Å². The Bertz CT molecular complexity index is 613. The van der Waals surface area contributed by atoms with Crippen LogP contribution in [0.2, 0.25) is 5.02 Å². The maximum Gasteiger partial charge on any atom is 0.123 e. The molecule has 0 aliphatic carbocycles. The molecule has 1 N–H and O–H groups in total. The fraction of sp³-hybridized carbons (Fsp3) is 0.294.